The molecule has 0 bridgehead atoms. The summed E-state index contributed by atoms with van der Waals surface area (Å²) in [5, 5.41) is 7.33. The number of alkyl halides is 3. The lowest BCUT2D eigenvalue weighted by atomic mass is 10.1. The molecule has 4 rings (SSSR count). The van der Waals surface area contributed by atoms with E-state index >= 15 is 0 Å². The molecule has 11 heteroatoms. The Balaban J connectivity index is 1.70. The van der Waals surface area contributed by atoms with Gasteiger partial charge in [-0.2, -0.15) is 18.3 Å². The number of hydrogen-bond acceptors (Lipinski definition) is 5. The second-order valence-electron chi connectivity index (χ2n) is 7.28. The molecule has 0 unspecified atom stereocenters. The van der Waals surface area contributed by atoms with Crippen LogP contribution < -0.4 is 10.1 Å². The van der Waals surface area contributed by atoms with Gasteiger partial charge in [0.2, 0.25) is 5.91 Å². The standard InChI is InChI=1S/C21H19F4N5O2/c22-15-6-14(7-18(8-15)32-13-21(23,24)25)19-9-16(11-29-5-4-27-20(31)12-29)28-30(19)17-2-1-3-26-10-17/h1-3,6-10H,4-5,11-13H2,(H,27,31). The van der Waals surface area contributed by atoms with E-state index in [-0.39, 0.29) is 18.2 Å². The molecule has 3 aromatic rings. The zero-order chi connectivity index (χ0) is 22.7. The van der Waals surface area contributed by atoms with E-state index in [1.165, 1.54) is 16.8 Å². The molecule has 0 saturated carbocycles. The lowest BCUT2D eigenvalue weighted by molar-refractivity contribution is -0.153. The van der Waals surface area contributed by atoms with Crippen molar-refractivity contribution in [3.8, 4) is 22.7 Å². The van der Waals surface area contributed by atoms with Crippen LogP contribution in [0.15, 0.2) is 48.8 Å². The molecule has 3 heterocycles. The quantitative estimate of drug-likeness (QED) is 0.586. The summed E-state index contributed by atoms with van der Waals surface area (Å²) in [4.78, 5) is 17.7. The number of rotatable bonds is 6. The molecule has 1 aliphatic heterocycles. The molecule has 0 spiro atoms. The molecule has 0 radical (unpaired) electrons. The number of nitrogens with one attached hydrogen (secondary N) is 1. The first kappa shape index (κ1) is 21.8. The lowest BCUT2D eigenvalue weighted by Crippen LogP contribution is -2.47. The van der Waals surface area contributed by atoms with Gasteiger partial charge in [0.25, 0.3) is 0 Å². The van der Waals surface area contributed by atoms with Gasteiger partial charge in [-0.1, -0.05) is 0 Å². The summed E-state index contributed by atoms with van der Waals surface area (Å²) in [7, 11) is 0. The van der Waals surface area contributed by atoms with E-state index in [1.807, 2.05) is 4.90 Å². The molecule has 0 atom stereocenters. The van der Waals surface area contributed by atoms with Gasteiger partial charge in [-0.3, -0.25) is 14.7 Å². The average Bonchev–Trinajstić information content (AvgIpc) is 3.16. The van der Waals surface area contributed by atoms with Crippen molar-refractivity contribution in [1.29, 1.82) is 0 Å². The summed E-state index contributed by atoms with van der Waals surface area (Å²) in [6, 6.07) is 8.59. The zero-order valence-electron chi connectivity index (χ0n) is 16.8. The second kappa shape index (κ2) is 8.95. The topological polar surface area (TPSA) is 72.3 Å². The molecular weight excluding hydrogens is 430 g/mol. The highest BCUT2D eigenvalue weighted by Crippen LogP contribution is 2.29. The average molecular weight is 449 g/mol. The van der Waals surface area contributed by atoms with Crippen molar-refractivity contribution in [3.05, 3.63) is 60.3 Å². The van der Waals surface area contributed by atoms with E-state index in [0.29, 0.717) is 42.3 Å². The predicted octanol–water partition coefficient (Wildman–Crippen LogP) is 2.95. The Morgan fingerprint density at radius 3 is 2.75 bits per heavy atom. The molecule has 2 aromatic heterocycles. The number of benzene rings is 1. The van der Waals surface area contributed by atoms with Crippen molar-refractivity contribution in [3.63, 3.8) is 0 Å². The number of ether oxygens (including phenoxy) is 1. The smallest absolute Gasteiger partial charge is 0.422 e. The van der Waals surface area contributed by atoms with Gasteiger partial charge in [0, 0.05) is 37.5 Å². The third-order valence-corrected chi connectivity index (χ3v) is 4.72. The van der Waals surface area contributed by atoms with Gasteiger partial charge in [0.15, 0.2) is 6.61 Å². The van der Waals surface area contributed by atoms with Crippen LogP contribution in [-0.4, -0.2) is 58.0 Å². The number of amides is 1. The summed E-state index contributed by atoms with van der Waals surface area (Å²) >= 11 is 0. The minimum Gasteiger partial charge on any atom is -0.484 e. The van der Waals surface area contributed by atoms with E-state index in [2.05, 4.69) is 15.4 Å². The number of halogens is 4. The fourth-order valence-electron chi connectivity index (χ4n) is 3.40. The van der Waals surface area contributed by atoms with Gasteiger partial charge < -0.3 is 10.1 Å². The minimum absolute atomic E-state index is 0.0836. The zero-order valence-corrected chi connectivity index (χ0v) is 16.8. The van der Waals surface area contributed by atoms with Gasteiger partial charge in [-0.25, -0.2) is 9.07 Å². The molecule has 168 valence electrons. The first-order chi connectivity index (χ1) is 15.3. The number of aromatic nitrogens is 3. The van der Waals surface area contributed by atoms with Crippen molar-refractivity contribution in [2.24, 2.45) is 0 Å². The molecular formula is C21H19F4N5O2. The van der Waals surface area contributed by atoms with E-state index in [4.69, 9.17) is 4.74 Å². The lowest BCUT2D eigenvalue weighted by Gasteiger charge is -2.25. The summed E-state index contributed by atoms with van der Waals surface area (Å²) < 4.78 is 58.1. The van der Waals surface area contributed by atoms with Crippen LogP contribution in [0.4, 0.5) is 17.6 Å². The Hall–Kier alpha value is -3.47. The monoisotopic (exact) mass is 449 g/mol. The van der Waals surface area contributed by atoms with Crippen molar-refractivity contribution >= 4 is 5.91 Å². The Kier molecular flexibility index (Phi) is 6.08. The van der Waals surface area contributed by atoms with Crippen molar-refractivity contribution in [2.45, 2.75) is 12.7 Å². The molecule has 1 amide bonds. The molecule has 32 heavy (non-hydrogen) atoms. The first-order valence-electron chi connectivity index (χ1n) is 9.76. The first-order valence-corrected chi connectivity index (χ1v) is 9.76. The van der Waals surface area contributed by atoms with Crippen LogP contribution in [0, 0.1) is 5.82 Å². The van der Waals surface area contributed by atoms with E-state index in [0.717, 1.165) is 6.07 Å². The van der Waals surface area contributed by atoms with Crippen LogP contribution in [0.1, 0.15) is 5.69 Å². The van der Waals surface area contributed by atoms with Crippen molar-refractivity contribution in [2.75, 3.05) is 26.2 Å². The van der Waals surface area contributed by atoms with E-state index in [9.17, 15) is 22.4 Å². The van der Waals surface area contributed by atoms with Crippen LogP contribution in [-0.2, 0) is 11.3 Å². The summed E-state index contributed by atoms with van der Waals surface area (Å²) in [6.07, 6.45) is -1.39. The normalized spacial score (nSPS) is 14.9. The van der Waals surface area contributed by atoms with Crippen LogP contribution in [0.3, 0.4) is 0 Å². The van der Waals surface area contributed by atoms with Gasteiger partial charge in [0.05, 0.1) is 29.8 Å². The van der Waals surface area contributed by atoms with Crippen LogP contribution >= 0.6 is 0 Å². The Morgan fingerprint density at radius 1 is 1.19 bits per heavy atom. The number of carbonyl (C=O) groups excluding carboxylic acids is 1. The highest BCUT2D eigenvalue weighted by molar-refractivity contribution is 5.78. The van der Waals surface area contributed by atoms with E-state index in [1.54, 1.807) is 30.6 Å². The van der Waals surface area contributed by atoms with Crippen molar-refractivity contribution in [1.82, 2.24) is 25.0 Å². The fraction of sp³-hybridized carbons (Fsp3) is 0.286. The molecule has 1 aliphatic rings. The van der Waals surface area contributed by atoms with E-state index < -0.39 is 18.6 Å². The van der Waals surface area contributed by atoms with Gasteiger partial charge in [-0.15, -0.1) is 0 Å². The minimum atomic E-state index is -4.54. The Morgan fingerprint density at radius 2 is 2.03 bits per heavy atom. The third-order valence-electron chi connectivity index (χ3n) is 4.72. The molecule has 7 nitrogen and oxygen atoms in total. The summed E-state index contributed by atoms with van der Waals surface area (Å²) in [5.41, 5.74) is 1.94. The molecule has 1 fully saturated rings. The number of carbonyl (C=O) groups is 1. The molecule has 1 aromatic carbocycles. The number of nitrogens with zero attached hydrogens (tertiary/aromatic N) is 4. The molecule has 0 aliphatic carbocycles. The maximum atomic E-state index is 14.2. The largest absolute Gasteiger partial charge is 0.484 e. The number of hydrogen-bond donors (Lipinski definition) is 1. The summed E-state index contributed by atoms with van der Waals surface area (Å²) in [5.74, 6) is -1.07. The fourth-order valence-corrected chi connectivity index (χ4v) is 3.40. The van der Waals surface area contributed by atoms with Gasteiger partial charge in [-0.05, 0) is 30.3 Å². The number of piperazine rings is 1. The van der Waals surface area contributed by atoms with Gasteiger partial charge in [0.1, 0.15) is 11.6 Å². The highest BCUT2D eigenvalue weighted by Gasteiger charge is 2.28. The Bertz CT molecular complexity index is 1100. The molecule has 1 N–H and O–H groups in total. The maximum Gasteiger partial charge on any atom is 0.422 e. The highest BCUT2D eigenvalue weighted by atomic mass is 19.4. The van der Waals surface area contributed by atoms with Crippen LogP contribution in [0.5, 0.6) is 5.75 Å². The maximum absolute atomic E-state index is 14.2. The third kappa shape index (κ3) is 5.41. The predicted molar refractivity (Wildman–Crippen MR) is 107 cm³/mol. The van der Waals surface area contributed by atoms with Crippen molar-refractivity contribution < 1.29 is 27.1 Å². The second-order valence-corrected chi connectivity index (χ2v) is 7.28. The van der Waals surface area contributed by atoms with Crippen LogP contribution in [0.2, 0.25) is 0 Å². The molecule has 1 saturated heterocycles. The SMILES string of the molecule is O=C1CN(Cc2cc(-c3cc(F)cc(OCC(F)(F)F)c3)n(-c3cccnc3)n2)CCN1. The van der Waals surface area contributed by atoms with Gasteiger partial charge >= 0.3 is 6.18 Å². The summed E-state index contributed by atoms with van der Waals surface area (Å²) in [6.45, 7) is 0.250. The van der Waals surface area contributed by atoms with Crippen LogP contribution in [0.25, 0.3) is 16.9 Å². The Labute approximate surface area is 180 Å². The number of pyridine rings is 1.